The number of hydrogen-bond acceptors (Lipinski definition) is 3. The molecule has 0 fully saturated rings. The Bertz CT molecular complexity index is 570. The maximum absolute atomic E-state index is 11.5. The molecule has 1 heterocycles. The van der Waals surface area contributed by atoms with E-state index in [0.29, 0.717) is 12.4 Å². The lowest BCUT2D eigenvalue weighted by Crippen LogP contribution is -2.07. The summed E-state index contributed by atoms with van der Waals surface area (Å²) in [7, 11) is 0. The van der Waals surface area contributed by atoms with Crippen LogP contribution in [0.15, 0.2) is 45.8 Å². The number of benzene rings is 1. The fourth-order valence-electron chi connectivity index (χ4n) is 1.56. The van der Waals surface area contributed by atoms with Crippen molar-refractivity contribution in [2.75, 3.05) is 0 Å². The zero-order chi connectivity index (χ0) is 12.3. The van der Waals surface area contributed by atoms with Crippen LogP contribution in [0.1, 0.15) is 16.9 Å². The molecule has 0 unspecified atom stereocenters. The average Bonchev–Trinajstić information content (AvgIpc) is 2.28. The Morgan fingerprint density at radius 2 is 2.06 bits per heavy atom. The van der Waals surface area contributed by atoms with Crippen LogP contribution in [0.5, 0.6) is 5.75 Å². The highest BCUT2D eigenvalue weighted by atomic mass is 16.5. The van der Waals surface area contributed by atoms with E-state index in [-0.39, 0.29) is 11.2 Å². The Balaban J connectivity index is 2.10. The van der Waals surface area contributed by atoms with Crippen molar-refractivity contribution in [3.8, 4) is 5.75 Å². The second-order valence-corrected chi connectivity index (χ2v) is 4.00. The largest absolute Gasteiger partial charge is 0.482 e. The molecule has 17 heavy (non-hydrogen) atoms. The molecule has 2 rings (SSSR count). The molecule has 0 aliphatic carbocycles. The molecule has 1 aromatic carbocycles. The van der Waals surface area contributed by atoms with Gasteiger partial charge >= 0.3 is 0 Å². The number of rotatable bonds is 3. The van der Waals surface area contributed by atoms with Crippen LogP contribution in [0.2, 0.25) is 0 Å². The smallest absolute Gasteiger partial charge is 0.226 e. The number of hydrogen-bond donors (Lipinski definition) is 0. The molecule has 0 aliphatic heterocycles. The minimum absolute atomic E-state index is 0.151. The van der Waals surface area contributed by atoms with E-state index < -0.39 is 0 Å². The molecule has 88 valence electrons. The molecular weight excluding hydrogens is 216 g/mol. The molecule has 0 atom stereocenters. The Morgan fingerprint density at radius 1 is 1.24 bits per heavy atom. The van der Waals surface area contributed by atoms with Gasteiger partial charge < -0.3 is 9.15 Å². The first-order valence-corrected chi connectivity index (χ1v) is 5.43. The second-order valence-electron chi connectivity index (χ2n) is 4.00. The van der Waals surface area contributed by atoms with Crippen LogP contribution >= 0.6 is 0 Å². The SMILES string of the molecule is Cc1cccc(COc2coc(C)cc2=O)c1. The van der Waals surface area contributed by atoms with Crippen molar-refractivity contribution < 1.29 is 9.15 Å². The molecule has 0 spiro atoms. The highest BCUT2D eigenvalue weighted by molar-refractivity contribution is 5.23. The summed E-state index contributed by atoms with van der Waals surface area (Å²) in [5.74, 6) is 0.829. The van der Waals surface area contributed by atoms with Crippen molar-refractivity contribution in [2.45, 2.75) is 20.5 Å². The quantitative estimate of drug-likeness (QED) is 0.813. The third kappa shape index (κ3) is 2.97. The van der Waals surface area contributed by atoms with Gasteiger partial charge in [0.2, 0.25) is 11.2 Å². The predicted molar refractivity (Wildman–Crippen MR) is 65.2 cm³/mol. The average molecular weight is 230 g/mol. The molecule has 0 radical (unpaired) electrons. The van der Waals surface area contributed by atoms with E-state index in [4.69, 9.17) is 9.15 Å². The van der Waals surface area contributed by atoms with Crippen LogP contribution in [0.25, 0.3) is 0 Å². The lowest BCUT2D eigenvalue weighted by atomic mass is 10.1. The molecule has 3 heteroatoms. The summed E-state index contributed by atoms with van der Waals surface area (Å²) in [6, 6.07) is 9.39. The highest BCUT2D eigenvalue weighted by Crippen LogP contribution is 2.09. The van der Waals surface area contributed by atoms with E-state index >= 15 is 0 Å². The number of aryl methyl sites for hydroxylation is 2. The fourth-order valence-corrected chi connectivity index (χ4v) is 1.56. The summed E-state index contributed by atoms with van der Waals surface area (Å²) >= 11 is 0. The van der Waals surface area contributed by atoms with Crippen LogP contribution in [0, 0.1) is 13.8 Å². The van der Waals surface area contributed by atoms with Gasteiger partial charge in [0.15, 0.2) is 0 Å². The van der Waals surface area contributed by atoms with Gasteiger partial charge in [-0.2, -0.15) is 0 Å². The minimum atomic E-state index is -0.151. The van der Waals surface area contributed by atoms with Crippen molar-refractivity contribution >= 4 is 0 Å². The summed E-state index contributed by atoms with van der Waals surface area (Å²) < 4.78 is 10.6. The summed E-state index contributed by atoms with van der Waals surface area (Å²) in [6.07, 6.45) is 1.35. The van der Waals surface area contributed by atoms with E-state index in [1.54, 1.807) is 6.92 Å². The minimum Gasteiger partial charge on any atom is -0.482 e. The van der Waals surface area contributed by atoms with Gasteiger partial charge in [-0.25, -0.2) is 0 Å². The molecule has 0 N–H and O–H groups in total. The molecule has 0 aliphatic rings. The molecule has 0 amide bonds. The van der Waals surface area contributed by atoms with Crippen molar-refractivity contribution in [2.24, 2.45) is 0 Å². The van der Waals surface area contributed by atoms with Gasteiger partial charge in [-0.05, 0) is 19.4 Å². The van der Waals surface area contributed by atoms with Gasteiger partial charge in [0, 0.05) is 6.07 Å². The van der Waals surface area contributed by atoms with E-state index in [2.05, 4.69) is 0 Å². The molecule has 1 aromatic heterocycles. The lowest BCUT2D eigenvalue weighted by Gasteiger charge is -2.05. The maximum atomic E-state index is 11.5. The zero-order valence-electron chi connectivity index (χ0n) is 9.90. The van der Waals surface area contributed by atoms with Crippen molar-refractivity contribution in [1.82, 2.24) is 0 Å². The van der Waals surface area contributed by atoms with Gasteiger partial charge in [-0.1, -0.05) is 29.8 Å². The third-order valence-electron chi connectivity index (χ3n) is 2.41. The predicted octanol–water partition coefficient (Wildman–Crippen LogP) is 2.84. The first kappa shape index (κ1) is 11.5. The van der Waals surface area contributed by atoms with Crippen LogP contribution in [-0.4, -0.2) is 0 Å². The molecular formula is C14H14O3. The fraction of sp³-hybridized carbons (Fsp3) is 0.214. The molecule has 2 aromatic rings. The van der Waals surface area contributed by atoms with E-state index in [0.717, 1.165) is 5.56 Å². The summed E-state index contributed by atoms with van der Waals surface area (Å²) in [6.45, 7) is 4.12. The van der Waals surface area contributed by atoms with Gasteiger partial charge in [-0.15, -0.1) is 0 Å². The molecule has 0 bridgehead atoms. The van der Waals surface area contributed by atoms with E-state index in [1.807, 2.05) is 31.2 Å². The monoisotopic (exact) mass is 230 g/mol. The molecule has 0 saturated carbocycles. The summed E-state index contributed by atoms with van der Waals surface area (Å²) in [5.41, 5.74) is 2.05. The Labute approximate surface area is 99.7 Å². The van der Waals surface area contributed by atoms with Crippen LogP contribution in [-0.2, 0) is 6.61 Å². The standard InChI is InChI=1S/C14H14O3/c1-10-4-3-5-12(6-10)8-17-14-9-16-11(2)7-13(14)15/h3-7,9H,8H2,1-2H3. The highest BCUT2D eigenvalue weighted by Gasteiger charge is 2.02. The van der Waals surface area contributed by atoms with Crippen molar-refractivity contribution in [1.29, 1.82) is 0 Å². The first-order chi connectivity index (χ1) is 8.15. The van der Waals surface area contributed by atoms with Crippen molar-refractivity contribution in [3.63, 3.8) is 0 Å². The van der Waals surface area contributed by atoms with Crippen LogP contribution < -0.4 is 10.2 Å². The van der Waals surface area contributed by atoms with E-state index in [9.17, 15) is 4.79 Å². The Morgan fingerprint density at radius 3 is 2.76 bits per heavy atom. The maximum Gasteiger partial charge on any atom is 0.226 e. The first-order valence-electron chi connectivity index (χ1n) is 5.43. The van der Waals surface area contributed by atoms with Gasteiger partial charge in [0.05, 0.1) is 0 Å². The lowest BCUT2D eigenvalue weighted by molar-refractivity contribution is 0.290. The van der Waals surface area contributed by atoms with Crippen LogP contribution in [0.3, 0.4) is 0 Å². The van der Waals surface area contributed by atoms with Crippen molar-refractivity contribution in [3.05, 3.63) is 63.7 Å². The molecule has 3 nitrogen and oxygen atoms in total. The zero-order valence-corrected chi connectivity index (χ0v) is 9.90. The van der Waals surface area contributed by atoms with E-state index in [1.165, 1.54) is 17.9 Å². The van der Waals surface area contributed by atoms with Gasteiger partial charge in [0.1, 0.15) is 18.6 Å². The molecule has 0 saturated heterocycles. The second kappa shape index (κ2) is 4.87. The number of ether oxygens (including phenoxy) is 1. The normalized spacial score (nSPS) is 10.2. The van der Waals surface area contributed by atoms with Gasteiger partial charge in [-0.3, -0.25) is 4.79 Å². The Hall–Kier alpha value is -2.03. The summed E-state index contributed by atoms with van der Waals surface area (Å²) in [5, 5.41) is 0. The Kier molecular flexibility index (Phi) is 3.28. The van der Waals surface area contributed by atoms with Crippen LogP contribution in [0.4, 0.5) is 0 Å². The van der Waals surface area contributed by atoms with Gasteiger partial charge in [0.25, 0.3) is 0 Å². The topological polar surface area (TPSA) is 39.4 Å². The summed E-state index contributed by atoms with van der Waals surface area (Å²) in [4.78, 5) is 11.5. The third-order valence-corrected chi connectivity index (χ3v) is 2.41.